The van der Waals surface area contributed by atoms with Crippen molar-refractivity contribution in [1.29, 1.82) is 0 Å². The number of carbonyl (C=O) groups excluding carboxylic acids is 1. The minimum atomic E-state index is -0.0662. The van der Waals surface area contributed by atoms with Gasteiger partial charge >= 0.3 is 5.97 Å². The number of esters is 1. The van der Waals surface area contributed by atoms with Crippen LogP contribution in [0.5, 0.6) is 0 Å². The summed E-state index contributed by atoms with van der Waals surface area (Å²) in [7, 11) is 0. The summed E-state index contributed by atoms with van der Waals surface area (Å²) in [6.45, 7) is 12.3. The van der Waals surface area contributed by atoms with E-state index in [0.29, 0.717) is 24.5 Å². The van der Waals surface area contributed by atoms with Crippen LogP contribution in [0.3, 0.4) is 0 Å². The van der Waals surface area contributed by atoms with Gasteiger partial charge in [-0.15, -0.1) is 0 Å². The molecule has 17 heavy (non-hydrogen) atoms. The first-order valence-electron chi connectivity index (χ1n) is 6.77. The zero-order chi connectivity index (χ0) is 13.3. The fourth-order valence-corrected chi connectivity index (χ4v) is 1.43. The molecule has 102 valence electrons. The molecule has 1 N–H and O–H groups in total. The maximum absolute atomic E-state index is 11.1. The number of unbranched alkanes of at least 4 members (excludes halogenated alkanes) is 2. The van der Waals surface area contributed by atoms with Gasteiger partial charge in [-0.05, 0) is 38.6 Å². The highest BCUT2D eigenvalue weighted by Crippen LogP contribution is 2.18. The van der Waals surface area contributed by atoms with Crippen LogP contribution in [0.1, 0.15) is 60.3 Å². The zero-order valence-corrected chi connectivity index (χ0v) is 12.1. The van der Waals surface area contributed by atoms with Gasteiger partial charge in [-0.3, -0.25) is 4.79 Å². The van der Waals surface area contributed by atoms with Crippen molar-refractivity contribution in [3.05, 3.63) is 0 Å². The molecule has 0 aromatic heterocycles. The molecule has 0 aliphatic rings. The number of hydrogen-bond donors (Lipinski definition) is 1. The largest absolute Gasteiger partial charge is 0.466 e. The number of ether oxygens (including phenoxy) is 1. The maximum atomic E-state index is 11.1. The van der Waals surface area contributed by atoms with Gasteiger partial charge in [0.05, 0.1) is 6.61 Å². The van der Waals surface area contributed by atoms with E-state index < -0.39 is 0 Å². The lowest BCUT2D eigenvalue weighted by molar-refractivity contribution is -0.143. The highest BCUT2D eigenvalue weighted by Gasteiger charge is 2.18. The van der Waals surface area contributed by atoms with Crippen molar-refractivity contribution in [2.75, 3.05) is 13.2 Å². The predicted molar refractivity (Wildman–Crippen MR) is 72.0 cm³/mol. The zero-order valence-electron chi connectivity index (χ0n) is 12.1. The predicted octanol–water partition coefficient (Wildman–Crippen LogP) is 3.13. The summed E-state index contributed by atoms with van der Waals surface area (Å²) in [5.41, 5.74) is 0.310. The van der Waals surface area contributed by atoms with Gasteiger partial charge in [0.2, 0.25) is 0 Å². The smallest absolute Gasteiger partial charge is 0.305 e. The molecule has 1 unspecified atom stereocenters. The monoisotopic (exact) mass is 243 g/mol. The quantitative estimate of drug-likeness (QED) is 0.526. The molecule has 0 amide bonds. The second-order valence-corrected chi connectivity index (χ2v) is 5.66. The van der Waals surface area contributed by atoms with E-state index in [9.17, 15) is 4.79 Å². The van der Waals surface area contributed by atoms with Gasteiger partial charge in [0.1, 0.15) is 0 Å². The van der Waals surface area contributed by atoms with Crippen LogP contribution in [0.2, 0.25) is 0 Å². The molecule has 0 saturated heterocycles. The molecule has 0 rings (SSSR count). The summed E-state index contributed by atoms with van der Waals surface area (Å²) in [6.07, 6.45) is 3.70. The van der Waals surface area contributed by atoms with Gasteiger partial charge in [-0.25, -0.2) is 0 Å². The van der Waals surface area contributed by atoms with Crippen LogP contribution < -0.4 is 5.32 Å². The second-order valence-electron chi connectivity index (χ2n) is 5.66. The van der Waals surface area contributed by atoms with Crippen LogP contribution >= 0.6 is 0 Å². The van der Waals surface area contributed by atoms with E-state index in [2.05, 4.69) is 33.0 Å². The standard InChI is InChI=1S/C14H29NO2/c1-6-17-13(16)10-8-7-9-11-15-12(2)14(3,4)5/h12,15H,6-11H2,1-5H3. The molecule has 0 saturated carbocycles. The molecule has 0 radical (unpaired) electrons. The SMILES string of the molecule is CCOC(=O)CCCCCNC(C)C(C)(C)C. The highest BCUT2D eigenvalue weighted by molar-refractivity contribution is 5.69. The third-order valence-electron chi connectivity index (χ3n) is 3.11. The molecule has 0 bridgehead atoms. The lowest BCUT2D eigenvalue weighted by atomic mass is 9.88. The fourth-order valence-electron chi connectivity index (χ4n) is 1.43. The molecule has 0 aromatic rings. The molecule has 0 spiro atoms. The van der Waals surface area contributed by atoms with Gasteiger partial charge in [-0.1, -0.05) is 27.2 Å². The van der Waals surface area contributed by atoms with E-state index >= 15 is 0 Å². The molecule has 0 aromatic carbocycles. The number of rotatable bonds is 8. The van der Waals surface area contributed by atoms with E-state index in [1.54, 1.807) is 0 Å². The van der Waals surface area contributed by atoms with E-state index in [-0.39, 0.29) is 5.97 Å². The van der Waals surface area contributed by atoms with Gasteiger partial charge < -0.3 is 10.1 Å². The average molecular weight is 243 g/mol. The molecule has 1 atom stereocenters. The lowest BCUT2D eigenvalue weighted by Gasteiger charge is -2.28. The molecule has 3 nitrogen and oxygen atoms in total. The first-order valence-corrected chi connectivity index (χ1v) is 6.77. The highest BCUT2D eigenvalue weighted by atomic mass is 16.5. The Labute approximate surface area is 106 Å². The fraction of sp³-hybridized carbons (Fsp3) is 0.929. The van der Waals surface area contributed by atoms with E-state index in [1.165, 1.54) is 0 Å². The Morgan fingerprint density at radius 3 is 2.41 bits per heavy atom. The lowest BCUT2D eigenvalue weighted by Crippen LogP contribution is -2.38. The average Bonchev–Trinajstić information content (AvgIpc) is 2.21. The number of nitrogens with one attached hydrogen (secondary N) is 1. The van der Waals surface area contributed by atoms with Crippen LogP contribution in [-0.2, 0) is 9.53 Å². The van der Waals surface area contributed by atoms with Crippen molar-refractivity contribution in [3.63, 3.8) is 0 Å². The van der Waals surface area contributed by atoms with E-state index in [4.69, 9.17) is 4.74 Å². The van der Waals surface area contributed by atoms with Crippen molar-refractivity contribution < 1.29 is 9.53 Å². The topological polar surface area (TPSA) is 38.3 Å². The van der Waals surface area contributed by atoms with E-state index in [1.807, 2.05) is 6.92 Å². The Morgan fingerprint density at radius 1 is 1.24 bits per heavy atom. The molecule has 0 aliphatic carbocycles. The molecule has 3 heteroatoms. The van der Waals surface area contributed by atoms with Crippen LogP contribution in [0.4, 0.5) is 0 Å². The van der Waals surface area contributed by atoms with Crippen LogP contribution in [-0.4, -0.2) is 25.2 Å². The maximum Gasteiger partial charge on any atom is 0.305 e. The Hall–Kier alpha value is -0.570. The molecule has 0 aliphatic heterocycles. The molecule has 0 fully saturated rings. The Balaban J connectivity index is 3.38. The van der Waals surface area contributed by atoms with Crippen molar-refractivity contribution in [1.82, 2.24) is 5.32 Å². The van der Waals surface area contributed by atoms with Crippen LogP contribution in [0.25, 0.3) is 0 Å². The Kier molecular flexibility index (Phi) is 8.23. The Bertz CT molecular complexity index is 209. The molecular formula is C14H29NO2. The van der Waals surface area contributed by atoms with Gasteiger partial charge in [0.25, 0.3) is 0 Å². The Morgan fingerprint density at radius 2 is 1.88 bits per heavy atom. The molecular weight excluding hydrogens is 214 g/mol. The number of carbonyl (C=O) groups is 1. The minimum Gasteiger partial charge on any atom is -0.466 e. The van der Waals surface area contributed by atoms with Crippen molar-refractivity contribution >= 4 is 5.97 Å². The minimum absolute atomic E-state index is 0.0662. The summed E-state index contributed by atoms with van der Waals surface area (Å²) in [5, 5.41) is 3.52. The van der Waals surface area contributed by atoms with Crippen molar-refractivity contribution in [2.45, 2.75) is 66.3 Å². The van der Waals surface area contributed by atoms with Crippen LogP contribution in [0.15, 0.2) is 0 Å². The third kappa shape index (κ3) is 9.16. The second kappa shape index (κ2) is 8.51. The third-order valence-corrected chi connectivity index (χ3v) is 3.11. The molecule has 0 heterocycles. The van der Waals surface area contributed by atoms with Gasteiger partial charge in [-0.2, -0.15) is 0 Å². The van der Waals surface area contributed by atoms with E-state index in [0.717, 1.165) is 25.8 Å². The summed E-state index contributed by atoms with van der Waals surface area (Å²) in [5.74, 6) is -0.0662. The first kappa shape index (κ1) is 16.4. The van der Waals surface area contributed by atoms with Crippen LogP contribution in [0, 0.1) is 5.41 Å². The number of hydrogen-bond acceptors (Lipinski definition) is 3. The normalized spacial score (nSPS) is 13.5. The summed E-state index contributed by atoms with van der Waals surface area (Å²) in [4.78, 5) is 11.1. The summed E-state index contributed by atoms with van der Waals surface area (Å²) in [6, 6.07) is 0.521. The summed E-state index contributed by atoms with van der Waals surface area (Å²) >= 11 is 0. The van der Waals surface area contributed by atoms with Gasteiger partial charge in [0, 0.05) is 12.5 Å². The van der Waals surface area contributed by atoms with Crippen molar-refractivity contribution in [3.8, 4) is 0 Å². The summed E-state index contributed by atoms with van der Waals surface area (Å²) < 4.78 is 4.88. The van der Waals surface area contributed by atoms with Gasteiger partial charge in [0.15, 0.2) is 0 Å². The van der Waals surface area contributed by atoms with Crippen molar-refractivity contribution in [2.24, 2.45) is 5.41 Å². The first-order chi connectivity index (χ1) is 7.88.